The van der Waals surface area contributed by atoms with Crippen molar-refractivity contribution in [2.45, 2.75) is 66.2 Å². The number of hydrogen-bond donors (Lipinski definition) is 0. The lowest BCUT2D eigenvalue weighted by Crippen LogP contribution is -2.65. The van der Waals surface area contributed by atoms with E-state index in [1.54, 1.807) is 24.3 Å². The molecular formula is C38H43NO5. The van der Waals surface area contributed by atoms with Crippen molar-refractivity contribution in [1.29, 1.82) is 0 Å². The zero-order valence-corrected chi connectivity index (χ0v) is 26.3. The van der Waals surface area contributed by atoms with Gasteiger partial charge < -0.3 is 4.74 Å². The summed E-state index contributed by atoms with van der Waals surface area (Å²) >= 11 is 0. The van der Waals surface area contributed by atoms with Gasteiger partial charge in [0, 0.05) is 10.8 Å². The van der Waals surface area contributed by atoms with Crippen molar-refractivity contribution in [2.24, 2.45) is 51.8 Å². The van der Waals surface area contributed by atoms with Crippen molar-refractivity contribution >= 4 is 29.3 Å². The van der Waals surface area contributed by atoms with Crippen LogP contribution in [0.4, 0.5) is 5.69 Å². The Labute approximate surface area is 260 Å². The number of ether oxygens (including phenoxy) is 1. The van der Waals surface area contributed by atoms with E-state index in [-0.39, 0.29) is 59.2 Å². The van der Waals surface area contributed by atoms with Crippen molar-refractivity contribution in [3.8, 4) is 0 Å². The molecule has 1 saturated heterocycles. The van der Waals surface area contributed by atoms with Crippen LogP contribution >= 0.6 is 0 Å². The third kappa shape index (κ3) is 3.98. The summed E-state index contributed by atoms with van der Waals surface area (Å²) in [5.41, 5.74) is 1.26. The molecule has 4 fully saturated rings. The second-order valence-electron chi connectivity index (χ2n) is 14.9. The third-order valence-corrected chi connectivity index (χ3v) is 12.7. The van der Waals surface area contributed by atoms with Crippen LogP contribution in [-0.2, 0) is 19.1 Å². The predicted molar refractivity (Wildman–Crippen MR) is 167 cm³/mol. The number of carbonyl (C=O) groups is 4. The molecule has 8 atom stereocenters. The first kappa shape index (κ1) is 29.2. The molecule has 230 valence electrons. The Morgan fingerprint density at radius 1 is 0.909 bits per heavy atom. The number of ketones is 1. The largest absolute Gasteiger partial charge is 0.454 e. The predicted octanol–water partition coefficient (Wildman–Crippen LogP) is 7.04. The number of rotatable bonds is 6. The molecule has 3 saturated carbocycles. The van der Waals surface area contributed by atoms with E-state index >= 15 is 0 Å². The summed E-state index contributed by atoms with van der Waals surface area (Å²) in [6, 6.07) is 18.2. The first-order valence-electron chi connectivity index (χ1n) is 16.4. The lowest BCUT2D eigenvalue weighted by Gasteiger charge is -2.68. The number of esters is 1. The van der Waals surface area contributed by atoms with Gasteiger partial charge in [-0.25, -0.2) is 4.79 Å². The number of amides is 2. The lowest BCUT2D eigenvalue weighted by atomic mass is 9.34. The minimum absolute atomic E-state index is 0.00622. The minimum Gasteiger partial charge on any atom is -0.454 e. The van der Waals surface area contributed by atoms with E-state index in [1.165, 1.54) is 10.5 Å². The highest BCUT2D eigenvalue weighted by molar-refractivity contribution is 6.23. The molecule has 6 aliphatic rings. The maximum atomic E-state index is 14.4. The van der Waals surface area contributed by atoms with E-state index in [0.717, 1.165) is 38.5 Å². The number of imide groups is 1. The first-order chi connectivity index (χ1) is 21.0. The van der Waals surface area contributed by atoms with E-state index in [4.69, 9.17) is 4.74 Å². The Balaban J connectivity index is 1.22. The van der Waals surface area contributed by atoms with Gasteiger partial charge in [0.05, 0.1) is 23.1 Å². The Morgan fingerprint density at radius 3 is 2.27 bits per heavy atom. The van der Waals surface area contributed by atoms with Gasteiger partial charge in [0.25, 0.3) is 0 Å². The summed E-state index contributed by atoms with van der Waals surface area (Å²) in [6.45, 7) is 8.65. The maximum absolute atomic E-state index is 14.4. The summed E-state index contributed by atoms with van der Waals surface area (Å²) in [5.74, 6) is -0.612. The number of nitrogens with zero attached hydrogens (tertiary/aromatic N) is 1. The highest BCUT2D eigenvalue weighted by atomic mass is 16.5. The number of allylic oxidation sites excluding steroid dienone is 2. The smallest absolute Gasteiger partial charge is 0.338 e. The van der Waals surface area contributed by atoms with Crippen LogP contribution in [0.3, 0.4) is 0 Å². The molecule has 0 aromatic heterocycles. The van der Waals surface area contributed by atoms with Crippen molar-refractivity contribution in [2.75, 3.05) is 11.5 Å². The number of carbonyl (C=O) groups excluding carboxylic acids is 4. The van der Waals surface area contributed by atoms with Crippen LogP contribution in [-0.4, -0.2) is 30.2 Å². The topological polar surface area (TPSA) is 80.8 Å². The van der Waals surface area contributed by atoms with Gasteiger partial charge in [-0.3, -0.25) is 19.3 Å². The van der Waals surface area contributed by atoms with Crippen LogP contribution in [0.1, 0.15) is 76.6 Å². The molecule has 2 amide bonds. The molecule has 2 bridgehead atoms. The summed E-state index contributed by atoms with van der Waals surface area (Å²) in [6.07, 6.45) is 7.62. The molecule has 44 heavy (non-hydrogen) atoms. The van der Waals surface area contributed by atoms with Crippen LogP contribution in [0.5, 0.6) is 0 Å². The fourth-order valence-electron chi connectivity index (χ4n) is 10.8. The van der Waals surface area contributed by atoms with Crippen LogP contribution in [0.2, 0.25) is 0 Å². The Bertz CT molecular complexity index is 1550. The maximum Gasteiger partial charge on any atom is 0.338 e. The molecular weight excluding hydrogens is 550 g/mol. The highest BCUT2D eigenvalue weighted by Gasteiger charge is 2.73. The van der Waals surface area contributed by atoms with Crippen molar-refractivity contribution in [1.82, 2.24) is 0 Å². The van der Waals surface area contributed by atoms with E-state index < -0.39 is 16.8 Å². The average Bonchev–Trinajstić information content (AvgIpc) is 3.31. The Hall–Kier alpha value is -3.54. The molecule has 0 radical (unpaired) electrons. The van der Waals surface area contributed by atoms with Crippen LogP contribution in [0.25, 0.3) is 0 Å². The van der Waals surface area contributed by atoms with Gasteiger partial charge in [-0.2, -0.15) is 0 Å². The number of hydrogen-bond acceptors (Lipinski definition) is 5. The summed E-state index contributed by atoms with van der Waals surface area (Å²) < 4.78 is 5.57. The van der Waals surface area contributed by atoms with Crippen LogP contribution in [0, 0.1) is 51.8 Å². The molecule has 1 heterocycles. The first-order valence-corrected chi connectivity index (χ1v) is 16.4. The lowest BCUT2D eigenvalue weighted by molar-refractivity contribution is -0.187. The highest BCUT2D eigenvalue weighted by Crippen LogP contribution is 2.74. The molecule has 2 aromatic rings. The van der Waals surface area contributed by atoms with Gasteiger partial charge in [-0.05, 0) is 85.5 Å². The van der Waals surface area contributed by atoms with Crippen molar-refractivity contribution < 1.29 is 23.9 Å². The van der Waals surface area contributed by atoms with E-state index in [1.807, 2.05) is 36.4 Å². The summed E-state index contributed by atoms with van der Waals surface area (Å²) in [4.78, 5) is 56.7. The van der Waals surface area contributed by atoms with Crippen molar-refractivity contribution in [3.63, 3.8) is 0 Å². The molecule has 6 nitrogen and oxygen atoms in total. The normalized spacial score (nSPS) is 37.2. The average molecular weight is 594 g/mol. The van der Waals surface area contributed by atoms with Gasteiger partial charge in [0.2, 0.25) is 11.8 Å². The molecule has 5 aliphatic carbocycles. The van der Waals surface area contributed by atoms with Gasteiger partial charge in [-0.15, -0.1) is 0 Å². The molecule has 6 heteroatoms. The number of anilines is 1. The molecule has 1 spiro atoms. The van der Waals surface area contributed by atoms with E-state index in [0.29, 0.717) is 17.2 Å². The van der Waals surface area contributed by atoms with Crippen LogP contribution < -0.4 is 4.90 Å². The molecule has 1 aliphatic heterocycles. The third-order valence-electron chi connectivity index (χ3n) is 12.7. The fraction of sp³-hybridized carbons (Fsp3) is 0.526. The van der Waals surface area contributed by atoms with E-state index in [9.17, 15) is 19.2 Å². The quantitative estimate of drug-likeness (QED) is 0.204. The molecule has 8 rings (SSSR count). The van der Waals surface area contributed by atoms with E-state index in [2.05, 4.69) is 33.8 Å². The summed E-state index contributed by atoms with van der Waals surface area (Å²) in [7, 11) is 0. The Kier molecular flexibility index (Phi) is 6.80. The molecule has 2 aromatic carbocycles. The number of para-hydroxylation sites is 1. The van der Waals surface area contributed by atoms with Gasteiger partial charge in [-0.1, -0.05) is 82.2 Å². The number of Topliss-reactive ketones (excluding diaryl/α,β-unsaturated/α-hetero) is 1. The monoisotopic (exact) mass is 593 g/mol. The molecule has 8 unspecified atom stereocenters. The summed E-state index contributed by atoms with van der Waals surface area (Å²) in [5, 5.41) is 0. The van der Waals surface area contributed by atoms with Crippen LogP contribution in [0.15, 0.2) is 72.3 Å². The fourth-order valence-corrected chi connectivity index (χ4v) is 10.8. The number of benzene rings is 2. The van der Waals surface area contributed by atoms with Crippen molar-refractivity contribution in [3.05, 3.63) is 77.9 Å². The molecule has 0 N–H and O–H groups in total. The zero-order chi connectivity index (χ0) is 31.0. The zero-order valence-electron chi connectivity index (χ0n) is 26.3. The Morgan fingerprint density at radius 2 is 1.59 bits per heavy atom. The SMILES string of the molecule is CC(C)C1=CC23CCC4C(C)(C(=O)COC(=O)c5ccccc5)CCCC4(C)C2CC1C1C(=O)N(c2ccccc2)C(=O)C13. The number of fused-ring (bicyclic) bond motifs is 1. The second kappa shape index (κ2) is 10.3. The minimum atomic E-state index is -0.613. The standard InChI is InChI=1S/C38H43NO5/c1-23(2)27-21-38-19-16-28-36(3,17-11-18-37(28,4)30(40)22-44-35(43)24-12-7-5-8-13-24)29(38)20-26(27)31-32(38)34(42)39(33(31)41)25-14-9-6-10-15-25/h5-10,12-15,21,23,26,28-29,31-32H,11,16-20,22H2,1-4H3. The van der Waals surface area contributed by atoms with Gasteiger partial charge in [0.15, 0.2) is 12.4 Å². The van der Waals surface area contributed by atoms with Gasteiger partial charge >= 0.3 is 5.97 Å². The second-order valence-corrected chi connectivity index (χ2v) is 14.9. The van der Waals surface area contributed by atoms with Gasteiger partial charge in [0.1, 0.15) is 0 Å².